The number of benzene rings is 4. The number of hydrogen-bond acceptors (Lipinski definition) is 3. The third-order valence-corrected chi connectivity index (χ3v) is 8.35. The fraction of sp³-hybridized carbons (Fsp3) is 0.0571. The molecule has 9 rings (SSSR count). The van der Waals surface area contributed by atoms with Crippen molar-refractivity contribution in [3.05, 3.63) is 128 Å². The summed E-state index contributed by atoms with van der Waals surface area (Å²) in [5, 5.41) is 4.85. The summed E-state index contributed by atoms with van der Waals surface area (Å²) in [6, 6.07) is 32.6. The van der Waals surface area contributed by atoms with Gasteiger partial charge in [0.05, 0.1) is 34.4 Å². The van der Waals surface area contributed by atoms with Crippen LogP contribution in [0.25, 0.3) is 66.3 Å². The second-order valence-electron chi connectivity index (χ2n) is 10.5. The van der Waals surface area contributed by atoms with Crippen molar-refractivity contribution >= 4 is 54.8 Å². The number of aromatic nitrogens is 6. The highest BCUT2D eigenvalue weighted by atomic mass is 15.2. The van der Waals surface area contributed by atoms with Gasteiger partial charge in [-0.25, -0.2) is 15.0 Å². The predicted octanol–water partition coefficient (Wildman–Crippen LogP) is 8.08. The van der Waals surface area contributed by atoms with Gasteiger partial charge in [-0.15, -0.1) is 0 Å². The molecule has 0 amide bonds. The van der Waals surface area contributed by atoms with E-state index in [0.29, 0.717) is 0 Å². The van der Waals surface area contributed by atoms with Crippen LogP contribution < -0.4 is 0 Å². The second kappa shape index (κ2) is 8.50. The maximum Gasteiger partial charge on any atom is 0.169 e. The molecule has 194 valence electrons. The summed E-state index contributed by atoms with van der Waals surface area (Å²) in [7, 11) is 0. The summed E-state index contributed by atoms with van der Waals surface area (Å²) in [6.45, 7) is 0. The number of nitrogens with zero attached hydrogens (tertiary/aromatic N) is 6. The largest absolute Gasteiger partial charge is 0.309 e. The molecule has 0 radical (unpaired) electrons. The van der Waals surface area contributed by atoms with Gasteiger partial charge in [-0.05, 0) is 36.8 Å². The first-order valence-electron chi connectivity index (χ1n) is 13.9. The van der Waals surface area contributed by atoms with Crippen molar-refractivity contribution < 1.29 is 0 Å². The Morgan fingerprint density at radius 3 is 2.24 bits per heavy atom. The van der Waals surface area contributed by atoms with Crippen LogP contribution in [0.2, 0.25) is 0 Å². The van der Waals surface area contributed by atoms with E-state index >= 15 is 0 Å². The predicted molar refractivity (Wildman–Crippen MR) is 166 cm³/mol. The van der Waals surface area contributed by atoms with Gasteiger partial charge in [-0.2, -0.15) is 0 Å². The van der Waals surface area contributed by atoms with E-state index in [1.807, 2.05) is 6.33 Å². The van der Waals surface area contributed by atoms with E-state index in [4.69, 9.17) is 15.0 Å². The highest BCUT2D eigenvalue weighted by Gasteiger charge is 2.23. The van der Waals surface area contributed by atoms with Crippen LogP contribution in [0.4, 0.5) is 0 Å². The van der Waals surface area contributed by atoms with E-state index in [1.54, 1.807) is 6.33 Å². The highest BCUT2D eigenvalue weighted by molar-refractivity contribution is 6.26. The number of para-hydroxylation sites is 3. The molecule has 0 fully saturated rings. The fourth-order valence-electron chi connectivity index (χ4n) is 6.60. The molecule has 4 aromatic heterocycles. The monoisotopic (exact) mass is 528 g/mol. The van der Waals surface area contributed by atoms with Crippen LogP contribution in [0.15, 0.2) is 128 Å². The summed E-state index contributed by atoms with van der Waals surface area (Å²) in [5.74, 6) is 0.789. The fourth-order valence-corrected chi connectivity index (χ4v) is 6.60. The van der Waals surface area contributed by atoms with Gasteiger partial charge in [0.1, 0.15) is 6.33 Å². The number of rotatable bonds is 3. The van der Waals surface area contributed by atoms with Crippen molar-refractivity contribution in [3.8, 4) is 11.5 Å². The van der Waals surface area contributed by atoms with Crippen LogP contribution in [0, 0.1) is 0 Å². The van der Waals surface area contributed by atoms with E-state index in [1.165, 1.54) is 32.6 Å². The lowest BCUT2D eigenvalue weighted by Gasteiger charge is -2.15. The Morgan fingerprint density at radius 2 is 1.41 bits per heavy atom. The molecule has 8 aromatic rings. The third kappa shape index (κ3) is 3.10. The van der Waals surface area contributed by atoms with E-state index in [9.17, 15) is 0 Å². The molecule has 6 nitrogen and oxygen atoms in total. The Bertz CT molecular complexity index is 2350. The minimum Gasteiger partial charge on any atom is -0.309 e. The molecule has 1 aliphatic carbocycles. The van der Waals surface area contributed by atoms with Crippen molar-refractivity contribution in [1.82, 2.24) is 28.7 Å². The third-order valence-electron chi connectivity index (χ3n) is 8.35. The molecule has 1 unspecified atom stereocenters. The molecule has 4 aromatic carbocycles. The van der Waals surface area contributed by atoms with Crippen molar-refractivity contribution in [1.29, 1.82) is 0 Å². The first kappa shape index (κ1) is 22.3. The quantitative estimate of drug-likeness (QED) is 0.233. The SMILES string of the molecule is C1=CCC(n2cnc3c(-n4c5ccccc5c5c4ccc4c6ccccc6n(-c6ccccc6)c45)ncnc32)C=C1. The molecule has 41 heavy (non-hydrogen) atoms. The van der Waals surface area contributed by atoms with Gasteiger partial charge in [-0.1, -0.05) is 85.0 Å². The summed E-state index contributed by atoms with van der Waals surface area (Å²) in [6.07, 6.45) is 13.0. The number of imidazole rings is 1. The molecule has 1 aliphatic rings. The topological polar surface area (TPSA) is 53.5 Å². The van der Waals surface area contributed by atoms with Gasteiger partial charge in [0.2, 0.25) is 0 Å². The highest BCUT2D eigenvalue weighted by Crippen LogP contribution is 2.42. The average molecular weight is 529 g/mol. The van der Waals surface area contributed by atoms with E-state index in [0.717, 1.165) is 40.1 Å². The molecule has 6 heteroatoms. The lowest BCUT2D eigenvalue weighted by molar-refractivity contribution is 0.619. The Labute approximate surface area is 235 Å². The molecule has 4 heterocycles. The summed E-state index contributed by atoms with van der Waals surface area (Å²) < 4.78 is 6.81. The maximum atomic E-state index is 4.88. The smallest absolute Gasteiger partial charge is 0.169 e. The molecule has 1 atom stereocenters. The van der Waals surface area contributed by atoms with Crippen molar-refractivity contribution in [3.63, 3.8) is 0 Å². The molecule has 0 spiro atoms. The molecular weight excluding hydrogens is 504 g/mol. The van der Waals surface area contributed by atoms with E-state index in [-0.39, 0.29) is 6.04 Å². The van der Waals surface area contributed by atoms with Crippen LogP contribution in [0.5, 0.6) is 0 Å². The van der Waals surface area contributed by atoms with Gasteiger partial charge >= 0.3 is 0 Å². The molecule has 0 N–H and O–H groups in total. The van der Waals surface area contributed by atoms with E-state index < -0.39 is 0 Å². The Kier molecular flexibility index (Phi) is 4.63. The summed E-state index contributed by atoms with van der Waals surface area (Å²) in [5.41, 5.74) is 7.34. The molecule has 0 saturated carbocycles. The lowest BCUT2D eigenvalue weighted by atomic mass is 10.1. The molecular formula is C35H24N6. The molecule has 0 saturated heterocycles. The zero-order chi connectivity index (χ0) is 26.9. The van der Waals surface area contributed by atoms with Crippen molar-refractivity contribution in [2.45, 2.75) is 12.5 Å². The van der Waals surface area contributed by atoms with E-state index in [2.05, 4.69) is 129 Å². The van der Waals surface area contributed by atoms with Gasteiger partial charge in [0.15, 0.2) is 17.0 Å². The zero-order valence-corrected chi connectivity index (χ0v) is 22.1. The minimum atomic E-state index is 0.187. The van der Waals surface area contributed by atoms with Gasteiger partial charge in [-0.3, -0.25) is 4.57 Å². The number of hydrogen-bond donors (Lipinski definition) is 0. The average Bonchev–Trinajstić information content (AvgIpc) is 3.72. The van der Waals surface area contributed by atoms with Crippen LogP contribution in [0.1, 0.15) is 12.5 Å². The van der Waals surface area contributed by atoms with Gasteiger partial charge in [0.25, 0.3) is 0 Å². The standard InChI is InChI=1S/C35H24N6/c1-3-11-23(12-4-1)39-22-38-32-34(39)36-21-37-35(32)41-29-18-10-8-16-27(29)31-30(41)20-19-26-25-15-7-9-17-28(25)40(33(26)31)24-13-5-2-6-14-24/h1-11,13-23H,12H2. The maximum absolute atomic E-state index is 4.88. The van der Waals surface area contributed by atoms with Crippen LogP contribution in [0.3, 0.4) is 0 Å². The van der Waals surface area contributed by atoms with Gasteiger partial charge < -0.3 is 9.13 Å². The normalized spacial score (nSPS) is 15.3. The Balaban J connectivity index is 1.42. The van der Waals surface area contributed by atoms with Crippen molar-refractivity contribution in [2.75, 3.05) is 0 Å². The first-order chi connectivity index (χ1) is 20.4. The number of allylic oxidation sites excluding steroid dienone is 4. The lowest BCUT2D eigenvalue weighted by Crippen LogP contribution is -2.07. The summed E-state index contributed by atoms with van der Waals surface area (Å²) >= 11 is 0. The Morgan fingerprint density at radius 1 is 0.634 bits per heavy atom. The Hall–Kier alpha value is -5.49. The molecule has 0 bridgehead atoms. The first-order valence-corrected chi connectivity index (χ1v) is 13.9. The zero-order valence-electron chi connectivity index (χ0n) is 22.1. The summed E-state index contributed by atoms with van der Waals surface area (Å²) in [4.78, 5) is 14.4. The second-order valence-corrected chi connectivity index (χ2v) is 10.5. The van der Waals surface area contributed by atoms with Crippen LogP contribution >= 0.6 is 0 Å². The van der Waals surface area contributed by atoms with Crippen LogP contribution in [-0.4, -0.2) is 28.7 Å². The van der Waals surface area contributed by atoms with Gasteiger partial charge in [0, 0.05) is 27.2 Å². The van der Waals surface area contributed by atoms with Crippen LogP contribution in [-0.2, 0) is 0 Å². The van der Waals surface area contributed by atoms with Crippen molar-refractivity contribution in [2.24, 2.45) is 0 Å². The number of fused-ring (bicyclic) bond motifs is 8. The molecule has 0 aliphatic heterocycles. The minimum absolute atomic E-state index is 0.187.